The molecule has 0 radical (unpaired) electrons. The molecule has 1 aromatic heterocycles. The SMILES string of the molecule is C=CCNc1nc(N2CCCCC2)c2c(c1C#N)CN(C1CCCCC1)CC2. The highest BCUT2D eigenvalue weighted by Crippen LogP contribution is 2.36. The molecule has 2 fully saturated rings. The van der Waals surface area contributed by atoms with Crippen molar-refractivity contribution in [1.82, 2.24) is 9.88 Å². The van der Waals surface area contributed by atoms with Crippen LogP contribution in [0.1, 0.15) is 68.1 Å². The van der Waals surface area contributed by atoms with Gasteiger partial charge >= 0.3 is 0 Å². The largest absolute Gasteiger partial charge is 0.365 e. The van der Waals surface area contributed by atoms with Crippen LogP contribution in [0.4, 0.5) is 11.6 Å². The number of hydrogen-bond acceptors (Lipinski definition) is 5. The Morgan fingerprint density at radius 1 is 1.07 bits per heavy atom. The standard InChI is InChI=1S/C23H33N5/c1-2-12-25-22-20(16-24)21-17-28(18-9-5-3-6-10-18)15-11-19(21)23(26-22)27-13-7-4-8-14-27/h2,18H,1,3-15,17H2,(H,25,26). The molecular weight excluding hydrogens is 346 g/mol. The lowest BCUT2D eigenvalue weighted by Crippen LogP contribution is -2.42. The second-order valence-electron chi connectivity index (χ2n) is 8.46. The lowest BCUT2D eigenvalue weighted by molar-refractivity contribution is 0.141. The Morgan fingerprint density at radius 2 is 1.82 bits per heavy atom. The molecule has 1 aliphatic carbocycles. The zero-order valence-electron chi connectivity index (χ0n) is 17.1. The van der Waals surface area contributed by atoms with Gasteiger partial charge in [-0.1, -0.05) is 25.3 Å². The topological polar surface area (TPSA) is 55.2 Å². The second kappa shape index (κ2) is 8.96. The van der Waals surface area contributed by atoms with Gasteiger partial charge in [0.25, 0.3) is 0 Å². The summed E-state index contributed by atoms with van der Waals surface area (Å²) >= 11 is 0. The van der Waals surface area contributed by atoms with Crippen molar-refractivity contribution in [3.8, 4) is 6.07 Å². The van der Waals surface area contributed by atoms with E-state index in [9.17, 15) is 5.26 Å². The third-order valence-corrected chi connectivity index (χ3v) is 6.67. The van der Waals surface area contributed by atoms with Crippen LogP contribution in [0.15, 0.2) is 12.7 Å². The average molecular weight is 380 g/mol. The Balaban J connectivity index is 1.71. The van der Waals surface area contributed by atoms with E-state index in [1.807, 2.05) is 6.08 Å². The molecule has 150 valence electrons. The molecule has 0 bridgehead atoms. The predicted molar refractivity (Wildman–Crippen MR) is 115 cm³/mol. The van der Waals surface area contributed by atoms with Gasteiger partial charge < -0.3 is 10.2 Å². The van der Waals surface area contributed by atoms with E-state index < -0.39 is 0 Å². The van der Waals surface area contributed by atoms with Crippen molar-refractivity contribution in [3.05, 3.63) is 29.3 Å². The van der Waals surface area contributed by atoms with Crippen molar-refractivity contribution < 1.29 is 0 Å². The summed E-state index contributed by atoms with van der Waals surface area (Å²) in [6.07, 6.45) is 13.3. The number of aromatic nitrogens is 1. The van der Waals surface area contributed by atoms with Gasteiger partial charge in [0.05, 0.1) is 5.56 Å². The van der Waals surface area contributed by atoms with Crippen LogP contribution in [0.5, 0.6) is 0 Å². The third-order valence-electron chi connectivity index (χ3n) is 6.67. The maximum absolute atomic E-state index is 9.98. The van der Waals surface area contributed by atoms with Crippen LogP contribution in [0.25, 0.3) is 0 Å². The highest BCUT2D eigenvalue weighted by atomic mass is 15.2. The Kier molecular flexibility index (Phi) is 6.17. The van der Waals surface area contributed by atoms with E-state index >= 15 is 0 Å². The van der Waals surface area contributed by atoms with E-state index in [-0.39, 0.29) is 0 Å². The molecule has 5 nitrogen and oxygen atoms in total. The number of hydrogen-bond donors (Lipinski definition) is 1. The number of piperidine rings is 1. The summed E-state index contributed by atoms with van der Waals surface area (Å²) < 4.78 is 0. The van der Waals surface area contributed by atoms with E-state index in [0.717, 1.165) is 49.8 Å². The fourth-order valence-corrected chi connectivity index (χ4v) is 5.18. The van der Waals surface area contributed by atoms with Gasteiger partial charge in [-0.25, -0.2) is 4.98 Å². The number of nitrogens with one attached hydrogen (secondary N) is 1. The molecule has 5 heteroatoms. The molecule has 0 amide bonds. The fraction of sp³-hybridized carbons (Fsp3) is 0.652. The van der Waals surface area contributed by atoms with Gasteiger partial charge in [-0.15, -0.1) is 6.58 Å². The number of anilines is 2. The van der Waals surface area contributed by atoms with Crippen molar-refractivity contribution in [2.45, 2.75) is 70.4 Å². The van der Waals surface area contributed by atoms with Gasteiger partial charge in [0.2, 0.25) is 0 Å². The van der Waals surface area contributed by atoms with E-state index in [1.54, 1.807) is 0 Å². The molecule has 0 spiro atoms. The summed E-state index contributed by atoms with van der Waals surface area (Å²) in [6, 6.07) is 3.17. The van der Waals surface area contributed by atoms with Crippen molar-refractivity contribution in [2.24, 2.45) is 0 Å². The summed E-state index contributed by atoms with van der Waals surface area (Å²) in [5, 5.41) is 13.3. The van der Waals surface area contributed by atoms with Gasteiger partial charge in [0, 0.05) is 44.3 Å². The highest BCUT2D eigenvalue weighted by Gasteiger charge is 2.31. The molecule has 0 aromatic carbocycles. The maximum atomic E-state index is 9.98. The van der Waals surface area contributed by atoms with E-state index in [1.165, 1.54) is 62.5 Å². The van der Waals surface area contributed by atoms with Gasteiger partial charge in [0.15, 0.2) is 0 Å². The second-order valence-corrected chi connectivity index (χ2v) is 8.46. The van der Waals surface area contributed by atoms with Crippen molar-refractivity contribution in [2.75, 3.05) is 36.4 Å². The molecule has 2 aliphatic heterocycles. The molecule has 3 aliphatic rings. The molecule has 4 rings (SSSR count). The van der Waals surface area contributed by atoms with Crippen molar-refractivity contribution in [3.63, 3.8) is 0 Å². The molecule has 3 heterocycles. The summed E-state index contributed by atoms with van der Waals surface area (Å²) in [5.74, 6) is 1.87. The molecule has 1 saturated carbocycles. The molecule has 28 heavy (non-hydrogen) atoms. The van der Waals surface area contributed by atoms with Gasteiger partial charge in [-0.2, -0.15) is 5.26 Å². The smallest absolute Gasteiger partial charge is 0.146 e. The van der Waals surface area contributed by atoms with Crippen LogP contribution in [0, 0.1) is 11.3 Å². The first-order chi connectivity index (χ1) is 13.8. The van der Waals surface area contributed by atoms with E-state index in [4.69, 9.17) is 4.98 Å². The lowest BCUT2D eigenvalue weighted by atomic mass is 9.89. The zero-order valence-corrected chi connectivity index (χ0v) is 17.1. The quantitative estimate of drug-likeness (QED) is 0.776. The predicted octanol–water partition coefficient (Wildman–Crippen LogP) is 4.23. The minimum absolute atomic E-state index is 0.631. The minimum atomic E-state index is 0.631. The first-order valence-corrected chi connectivity index (χ1v) is 11.1. The fourth-order valence-electron chi connectivity index (χ4n) is 5.18. The van der Waals surface area contributed by atoms with Crippen LogP contribution in [0.2, 0.25) is 0 Å². The average Bonchev–Trinajstić information content (AvgIpc) is 2.77. The minimum Gasteiger partial charge on any atom is -0.365 e. The van der Waals surface area contributed by atoms with Crippen LogP contribution in [-0.2, 0) is 13.0 Å². The van der Waals surface area contributed by atoms with Crippen LogP contribution >= 0.6 is 0 Å². The summed E-state index contributed by atoms with van der Waals surface area (Å²) in [7, 11) is 0. The van der Waals surface area contributed by atoms with Crippen molar-refractivity contribution >= 4 is 11.6 Å². The van der Waals surface area contributed by atoms with Gasteiger partial charge in [0.1, 0.15) is 17.7 Å². The van der Waals surface area contributed by atoms with Crippen LogP contribution in [0.3, 0.4) is 0 Å². The summed E-state index contributed by atoms with van der Waals surface area (Å²) in [5.41, 5.74) is 3.30. The Hall–Kier alpha value is -2.06. The maximum Gasteiger partial charge on any atom is 0.146 e. The number of nitrogens with zero attached hydrogens (tertiary/aromatic N) is 4. The zero-order chi connectivity index (χ0) is 19.3. The van der Waals surface area contributed by atoms with E-state index in [0.29, 0.717) is 12.6 Å². The molecule has 1 N–H and O–H groups in total. The van der Waals surface area contributed by atoms with Gasteiger partial charge in [-0.05, 0) is 44.1 Å². The summed E-state index contributed by atoms with van der Waals surface area (Å²) in [6.45, 7) is 8.61. The lowest BCUT2D eigenvalue weighted by Gasteiger charge is -2.40. The molecule has 0 unspecified atom stereocenters. The van der Waals surface area contributed by atoms with Crippen LogP contribution < -0.4 is 10.2 Å². The molecule has 1 saturated heterocycles. The molecule has 0 atom stereocenters. The highest BCUT2D eigenvalue weighted by molar-refractivity contribution is 5.67. The molecular formula is C23H33N5. The Bertz CT molecular complexity index is 738. The first-order valence-electron chi connectivity index (χ1n) is 11.1. The Morgan fingerprint density at radius 3 is 2.54 bits per heavy atom. The van der Waals surface area contributed by atoms with E-state index in [2.05, 4.69) is 27.8 Å². The number of nitriles is 1. The van der Waals surface area contributed by atoms with Gasteiger partial charge in [-0.3, -0.25) is 4.90 Å². The normalized spacial score (nSPS) is 21.0. The van der Waals surface area contributed by atoms with Crippen molar-refractivity contribution in [1.29, 1.82) is 5.26 Å². The monoisotopic (exact) mass is 379 g/mol. The third kappa shape index (κ3) is 3.89. The molecule has 1 aromatic rings. The summed E-state index contributed by atoms with van der Waals surface area (Å²) in [4.78, 5) is 10.1. The number of fused-ring (bicyclic) bond motifs is 1. The first kappa shape index (κ1) is 19.3. The van der Waals surface area contributed by atoms with Crippen LogP contribution in [-0.4, -0.2) is 42.1 Å². The number of pyridine rings is 1. The number of rotatable bonds is 5. The Labute approximate surface area is 169 Å².